The van der Waals surface area contributed by atoms with Crippen molar-refractivity contribution in [1.29, 1.82) is 0 Å². The zero-order valence-corrected chi connectivity index (χ0v) is 13.5. The minimum atomic E-state index is -3.71. The molecule has 0 atom stereocenters. The lowest BCUT2D eigenvalue weighted by atomic mass is 10.2. The number of ether oxygens (including phenoxy) is 1. The van der Waals surface area contributed by atoms with Gasteiger partial charge in [0.1, 0.15) is 12.4 Å². The molecule has 0 bridgehead atoms. The minimum absolute atomic E-state index is 0.0527. The Kier molecular flexibility index (Phi) is 4.78. The number of rotatable bonds is 4. The maximum absolute atomic E-state index is 11.3. The van der Waals surface area contributed by atoms with E-state index in [2.05, 4.69) is 0 Å². The van der Waals surface area contributed by atoms with Gasteiger partial charge in [0.15, 0.2) is 0 Å². The summed E-state index contributed by atoms with van der Waals surface area (Å²) in [6.07, 6.45) is 0. The number of benzene rings is 2. The van der Waals surface area contributed by atoms with E-state index >= 15 is 0 Å². The van der Waals surface area contributed by atoms with E-state index in [1.165, 1.54) is 12.1 Å². The second-order valence-corrected chi connectivity index (χ2v) is 6.90. The van der Waals surface area contributed by atoms with Gasteiger partial charge in [0, 0.05) is 15.6 Å². The fourth-order valence-corrected chi connectivity index (χ4v) is 2.82. The van der Waals surface area contributed by atoms with E-state index in [9.17, 15) is 8.42 Å². The summed E-state index contributed by atoms with van der Waals surface area (Å²) in [6.45, 7) is 2.00. The van der Waals surface area contributed by atoms with Gasteiger partial charge < -0.3 is 4.74 Å². The van der Waals surface area contributed by atoms with Crippen LogP contribution in [0.4, 0.5) is 0 Å². The van der Waals surface area contributed by atoms with E-state index in [4.69, 9.17) is 33.1 Å². The van der Waals surface area contributed by atoms with Crippen molar-refractivity contribution in [3.63, 3.8) is 0 Å². The first-order chi connectivity index (χ1) is 9.77. The Hall–Kier alpha value is -1.27. The maximum Gasteiger partial charge on any atom is 0.238 e. The average molecular weight is 346 g/mol. The van der Waals surface area contributed by atoms with Gasteiger partial charge in [-0.1, -0.05) is 29.3 Å². The monoisotopic (exact) mass is 345 g/mol. The summed E-state index contributed by atoms with van der Waals surface area (Å²) in [6, 6.07) is 9.58. The summed E-state index contributed by atoms with van der Waals surface area (Å²) < 4.78 is 28.2. The summed E-state index contributed by atoms with van der Waals surface area (Å²) in [5.74, 6) is 0.563. The Morgan fingerprint density at radius 2 is 1.86 bits per heavy atom. The Morgan fingerprint density at radius 3 is 2.43 bits per heavy atom. The highest BCUT2D eigenvalue weighted by molar-refractivity contribution is 7.89. The molecule has 0 heterocycles. The van der Waals surface area contributed by atoms with Crippen molar-refractivity contribution in [2.24, 2.45) is 5.14 Å². The zero-order valence-electron chi connectivity index (χ0n) is 11.1. The van der Waals surface area contributed by atoms with Gasteiger partial charge in [-0.25, -0.2) is 13.6 Å². The van der Waals surface area contributed by atoms with Crippen molar-refractivity contribution in [2.45, 2.75) is 18.4 Å². The van der Waals surface area contributed by atoms with Crippen molar-refractivity contribution >= 4 is 33.2 Å². The van der Waals surface area contributed by atoms with Crippen molar-refractivity contribution in [3.05, 3.63) is 57.6 Å². The molecule has 0 fully saturated rings. The molecule has 4 nitrogen and oxygen atoms in total. The molecule has 0 unspecified atom stereocenters. The first-order valence-corrected chi connectivity index (χ1v) is 8.28. The second-order valence-electron chi connectivity index (χ2n) is 4.50. The molecule has 2 aromatic rings. The van der Waals surface area contributed by atoms with Gasteiger partial charge in [-0.05, 0) is 42.8 Å². The van der Waals surface area contributed by atoms with Gasteiger partial charge in [-0.2, -0.15) is 0 Å². The summed E-state index contributed by atoms with van der Waals surface area (Å²) in [7, 11) is -3.71. The number of nitrogens with two attached hydrogens (primary N) is 1. The van der Waals surface area contributed by atoms with Crippen LogP contribution in [0, 0.1) is 6.92 Å². The first-order valence-electron chi connectivity index (χ1n) is 5.97. The molecule has 7 heteroatoms. The first kappa shape index (κ1) is 16.1. The molecule has 0 radical (unpaired) electrons. The van der Waals surface area contributed by atoms with Crippen LogP contribution in [-0.4, -0.2) is 8.42 Å². The van der Waals surface area contributed by atoms with Crippen LogP contribution in [0.3, 0.4) is 0 Å². The third-order valence-corrected chi connectivity index (χ3v) is 4.37. The lowest BCUT2D eigenvalue weighted by molar-refractivity contribution is 0.304. The van der Waals surface area contributed by atoms with Crippen LogP contribution in [-0.2, 0) is 16.6 Å². The summed E-state index contributed by atoms with van der Waals surface area (Å²) in [5.41, 5.74) is 1.46. The SMILES string of the molecule is Cc1cc(S(N)(=O)=O)ccc1OCc1ccc(Cl)cc1Cl. The Morgan fingerprint density at radius 1 is 1.14 bits per heavy atom. The topological polar surface area (TPSA) is 69.4 Å². The number of hydrogen-bond donors (Lipinski definition) is 1. The van der Waals surface area contributed by atoms with Gasteiger partial charge >= 0.3 is 0 Å². The highest BCUT2D eigenvalue weighted by atomic mass is 35.5. The van der Waals surface area contributed by atoms with Crippen LogP contribution in [0.1, 0.15) is 11.1 Å². The number of aryl methyl sites for hydroxylation is 1. The number of primary sulfonamides is 1. The van der Waals surface area contributed by atoms with Crippen LogP contribution in [0.25, 0.3) is 0 Å². The van der Waals surface area contributed by atoms with E-state index in [0.29, 0.717) is 21.4 Å². The van der Waals surface area contributed by atoms with E-state index in [-0.39, 0.29) is 11.5 Å². The average Bonchev–Trinajstić information content (AvgIpc) is 2.38. The molecule has 0 aliphatic rings. The molecule has 0 saturated heterocycles. The fourth-order valence-electron chi connectivity index (χ4n) is 1.76. The molecular weight excluding hydrogens is 333 g/mol. The van der Waals surface area contributed by atoms with E-state index in [1.807, 2.05) is 0 Å². The second kappa shape index (κ2) is 6.23. The predicted octanol–water partition coefficient (Wildman–Crippen LogP) is 3.53. The lowest BCUT2D eigenvalue weighted by Crippen LogP contribution is -2.12. The molecule has 2 aromatic carbocycles. The van der Waals surface area contributed by atoms with Crippen LogP contribution in [0.5, 0.6) is 5.75 Å². The highest BCUT2D eigenvalue weighted by Gasteiger charge is 2.10. The Labute approximate surface area is 133 Å². The number of sulfonamides is 1. The maximum atomic E-state index is 11.3. The molecule has 2 N–H and O–H groups in total. The minimum Gasteiger partial charge on any atom is -0.489 e. The molecule has 2 rings (SSSR count). The van der Waals surface area contributed by atoms with Crippen LogP contribution in [0.15, 0.2) is 41.3 Å². The summed E-state index contributed by atoms with van der Waals surface area (Å²) >= 11 is 11.9. The van der Waals surface area contributed by atoms with Crippen molar-refractivity contribution < 1.29 is 13.2 Å². The molecule has 21 heavy (non-hydrogen) atoms. The molecule has 0 aliphatic heterocycles. The van der Waals surface area contributed by atoms with Gasteiger partial charge in [0.2, 0.25) is 10.0 Å². The molecule has 0 spiro atoms. The van der Waals surface area contributed by atoms with Crippen molar-refractivity contribution in [3.8, 4) is 5.75 Å². The third-order valence-electron chi connectivity index (χ3n) is 2.87. The Bertz CT molecular complexity index is 776. The van der Waals surface area contributed by atoms with Gasteiger partial charge in [-0.3, -0.25) is 0 Å². The lowest BCUT2D eigenvalue weighted by Gasteiger charge is -2.11. The predicted molar refractivity (Wildman–Crippen MR) is 83.3 cm³/mol. The Balaban J connectivity index is 2.17. The normalized spacial score (nSPS) is 11.4. The van der Waals surface area contributed by atoms with E-state index in [1.54, 1.807) is 31.2 Å². The van der Waals surface area contributed by atoms with Crippen molar-refractivity contribution in [2.75, 3.05) is 0 Å². The summed E-state index contributed by atoms with van der Waals surface area (Å²) in [5, 5.41) is 6.14. The molecule has 112 valence electrons. The molecular formula is C14H13Cl2NO3S. The zero-order chi connectivity index (χ0) is 15.6. The van der Waals surface area contributed by atoms with Crippen LogP contribution >= 0.6 is 23.2 Å². The number of halogens is 2. The standard InChI is InChI=1S/C14H13Cl2NO3S/c1-9-6-12(21(17,18)19)4-5-14(9)20-8-10-2-3-11(15)7-13(10)16/h2-7H,8H2,1H3,(H2,17,18,19). The quantitative estimate of drug-likeness (QED) is 0.921. The number of hydrogen-bond acceptors (Lipinski definition) is 3. The van der Waals surface area contributed by atoms with Gasteiger partial charge in [0.25, 0.3) is 0 Å². The van der Waals surface area contributed by atoms with Crippen molar-refractivity contribution in [1.82, 2.24) is 0 Å². The van der Waals surface area contributed by atoms with Crippen LogP contribution < -0.4 is 9.88 Å². The van der Waals surface area contributed by atoms with Gasteiger partial charge in [-0.15, -0.1) is 0 Å². The van der Waals surface area contributed by atoms with Crippen LogP contribution in [0.2, 0.25) is 10.0 Å². The van der Waals surface area contributed by atoms with E-state index in [0.717, 1.165) is 5.56 Å². The van der Waals surface area contributed by atoms with E-state index < -0.39 is 10.0 Å². The smallest absolute Gasteiger partial charge is 0.238 e. The fraction of sp³-hybridized carbons (Fsp3) is 0.143. The van der Waals surface area contributed by atoms with Gasteiger partial charge in [0.05, 0.1) is 4.90 Å². The molecule has 0 aliphatic carbocycles. The third kappa shape index (κ3) is 4.11. The molecule has 0 saturated carbocycles. The highest BCUT2D eigenvalue weighted by Crippen LogP contribution is 2.25. The molecule has 0 amide bonds. The largest absolute Gasteiger partial charge is 0.489 e. The molecule has 0 aromatic heterocycles. The summed E-state index contributed by atoms with van der Waals surface area (Å²) in [4.78, 5) is 0.0527.